The lowest BCUT2D eigenvalue weighted by Gasteiger charge is -2.12. The van der Waals surface area contributed by atoms with Gasteiger partial charge < -0.3 is 20.3 Å². The Morgan fingerprint density at radius 3 is 2.55 bits per heavy atom. The molecule has 0 unspecified atom stereocenters. The SMILES string of the molecule is O=C(NCc1ccncc1)c1cccc2cc(Oc3ccnc4cc(O)c(O)cc34)ccc12. The molecule has 0 spiro atoms. The van der Waals surface area contributed by atoms with Crippen molar-refractivity contribution in [3.8, 4) is 23.0 Å². The first-order chi connectivity index (χ1) is 16.1. The van der Waals surface area contributed by atoms with E-state index in [2.05, 4.69) is 15.3 Å². The Bertz CT molecular complexity index is 1490. The molecule has 0 fully saturated rings. The fraction of sp³-hybridized carbons (Fsp3) is 0.0385. The van der Waals surface area contributed by atoms with Gasteiger partial charge in [0.2, 0.25) is 0 Å². The van der Waals surface area contributed by atoms with Crippen LogP contribution in [0.25, 0.3) is 21.7 Å². The second kappa shape index (κ2) is 8.47. The maximum absolute atomic E-state index is 12.8. The predicted octanol–water partition coefficient (Wildman–Crippen LogP) is 4.92. The van der Waals surface area contributed by atoms with Gasteiger partial charge in [0.15, 0.2) is 11.5 Å². The zero-order valence-electron chi connectivity index (χ0n) is 17.4. The van der Waals surface area contributed by atoms with Gasteiger partial charge in [-0.3, -0.25) is 14.8 Å². The molecule has 0 atom stereocenters. The molecule has 5 aromatic rings. The van der Waals surface area contributed by atoms with Crippen molar-refractivity contribution in [1.29, 1.82) is 0 Å². The first-order valence-corrected chi connectivity index (χ1v) is 10.3. The van der Waals surface area contributed by atoms with Crippen LogP contribution in [0.3, 0.4) is 0 Å². The number of carbonyl (C=O) groups excluding carboxylic acids is 1. The molecule has 33 heavy (non-hydrogen) atoms. The molecule has 7 heteroatoms. The highest BCUT2D eigenvalue weighted by molar-refractivity contribution is 6.07. The molecule has 0 saturated heterocycles. The highest BCUT2D eigenvalue weighted by Crippen LogP contribution is 2.36. The van der Waals surface area contributed by atoms with E-state index in [4.69, 9.17) is 4.74 Å². The van der Waals surface area contributed by atoms with E-state index < -0.39 is 0 Å². The van der Waals surface area contributed by atoms with Gasteiger partial charge in [-0.1, -0.05) is 12.1 Å². The Morgan fingerprint density at radius 2 is 1.70 bits per heavy atom. The first-order valence-electron chi connectivity index (χ1n) is 10.3. The number of phenolic OH excluding ortho intramolecular Hbond substituents is 2. The summed E-state index contributed by atoms with van der Waals surface area (Å²) in [7, 11) is 0. The van der Waals surface area contributed by atoms with Gasteiger partial charge in [-0.25, -0.2) is 0 Å². The monoisotopic (exact) mass is 437 g/mol. The van der Waals surface area contributed by atoms with E-state index in [0.29, 0.717) is 34.5 Å². The topological polar surface area (TPSA) is 105 Å². The van der Waals surface area contributed by atoms with E-state index in [9.17, 15) is 15.0 Å². The first kappa shape index (κ1) is 20.3. The summed E-state index contributed by atoms with van der Waals surface area (Å²) < 4.78 is 6.06. The summed E-state index contributed by atoms with van der Waals surface area (Å²) in [5.41, 5.74) is 2.04. The number of fused-ring (bicyclic) bond motifs is 2. The molecule has 0 bridgehead atoms. The predicted molar refractivity (Wildman–Crippen MR) is 125 cm³/mol. The van der Waals surface area contributed by atoms with Crippen molar-refractivity contribution in [3.05, 3.63) is 96.4 Å². The molecule has 0 aliphatic heterocycles. The Labute approximate surface area is 188 Å². The van der Waals surface area contributed by atoms with Crippen LogP contribution >= 0.6 is 0 Å². The number of benzene rings is 3. The van der Waals surface area contributed by atoms with Crippen LogP contribution in [0.15, 0.2) is 85.3 Å². The molecule has 3 aromatic carbocycles. The molecular weight excluding hydrogens is 418 g/mol. The van der Waals surface area contributed by atoms with E-state index in [-0.39, 0.29) is 17.4 Å². The van der Waals surface area contributed by atoms with Gasteiger partial charge in [-0.2, -0.15) is 0 Å². The number of hydrogen-bond donors (Lipinski definition) is 3. The molecule has 0 aliphatic carbocycles. The third kappa shape index (κ3) is 4.12. The van der Waals surface area contributed by atoms with E-state index in [1.807, 2.05) is 36.4 Å². The van der Waals surface area contributed by atoms with Gasteiger partial charge >= 0.3 is 0 Å². The number of hydrogen-bond acceptors (Lipinski definition) is 6. The molecular formula is C26H19N3O4. The van der Waals surface area contributed by atoms with Gasteiger partial charge in [0.25, 0.3) is 5.91 Å². The number of aromatic nitrogens is 2. The van der Waals surface area contributed by atoms with Crippen LogP contribution < -0.4 is 10.1 Å². The van der Waals surface area contributed by atoms with Gasteiger partial charge in [0.05, 0.1) is 5.52 Å². The normalized spacial score (nSPS) is 10.9. The molecule has 3 N–H and O–H groups in total. The van der Waals surface area contributed by atoms with E-state index in [0.717, 1.165) is 16.3 Å². The quantitative estimate of drug-likeness (QED) is 0.337. The highest BCUT2D eigenvalue weighted by Gasteiger charge is 2.12. The maximum Gasteiger partial charge on any atom is 0.252 e. The Balaban J connectivity index is 1.42. The number of rotatable bonds is 5. The van der Waals surface area contributed by atoms with Crippen molar-refractivity contribution in [2.24, 2.45) is 0 Å². The fourth-order valence-corrected chi connectivity index (χ4v) is 3.66. The van der Waals surface area contributed by atoms with Crippen LogP contribution in [0.1, 0.15) is 15.9 Å². The number of carbonyl (C=O) groups is 1. The number of phenols is 2. The number of aromatic hydroxyl groups is 2. The average molecular weight is 437 g/mol. The molecule has 0 aliphatic rings. The van der Waals surface area contributed by atoms with Crippen LogP contribution in [0.2, 0.25) is 0 Å². The Kier molecular flexibility index (Phi) is 5.20. The summed E-state index contributed by atoms with van der Waals surface area (Å²) in [5.74, 6) is 0.396. The third-order valence-corrected chi connectivity index (χ3v) is 5.32. The van der Waals surface area contributed by atoms with Crippen LogP contribution in [0.4, 0.5) is 0 Å². The Morgan fingerprint density at radius 1 is 0.879 bits per heavy atom. The van der Waals surface area contributed by atoms with Crippen molar-refractivity contribution in [2.45, 2.75) is 6.54 Å². The van der Waals surface area contributed by atoms with Crippen molar-refractivity contribution in [1.82, 2.24) is 15.3 Å². The number of amides is 1. The maximum atomic E-state index is 12.8. The highest BCUT2D eigenvalue weighted by atomic mass is 16.5. The van der Waals surface area contributed by atoms with Crippen LogP contribution in [0.5, 0.6) is 23.0 Å². The summed E-state index contributed by atoms with van der Waals surface area (Å²) in [6.45, 7) is 0.413. The zero-order valence-corrected chi connectivity index (χ0v) is 17.4. The lowest BCUT2D eigenvalue weighted by Crippen LogP contribution is -2.23. The summed E-state index contributed by atoms with van der Waals surface area (Å²) in [5, 5.41) is 24.8. The molecule has 7 nitrogen and oxygen atoms in total. The minimum atomic E-state index is -0.249. The minimum Gasteiger partial charge on any atom is -0.504 e. The molecule has 5 rings (SSSR count). The van der Waals surface area contributed by atoms with Gasteiger partial charge in [0.1, 0.15) is 11.5 Å². The molecule has 0 saturated carbocycles. The van der Waals surface area contributed by atoms with Crippen molar-refractivity contribution in [3.63, 3.8) is 0 Å². The molecule has 2 heterocycles. The number of nitrogens with one attached hydrogen (secondary N) is 1. The van der Waals surface area contributed by atoms with Gasteiger partial charge in [-0.05, 0) is 64.9 Å². The van der Waals surface area contributed by atoms with E-state index in [1.54, 1.807) is 36.8 Å². The van der Waals surface area contributed by atoms with Crippen molar-refractivity contribution in [2.75, 3.05) is 0 Å². The summed E-state index contributed by atoms with van der Waals surface area (Å²) in [6.07, 6.45) is 4.95. The van der Waals surface area contributed by atoms with Crippen molar-refractivity contribution < 1.29 is 19.7 Å². The van der Waals surface area contributed by atoms with Gasteiger partial charge in [-0.15, -0.1) is 0 Å². The smallest absolute Gasteiger partial charge is 0.252 e. The number of ether oxygens (including phenoxy) is 1. The molecule has 162 valence electrons. The Hall–Kier alpha value is -4.65. The molecule has 2 aromatic heterocycles. The number of pyridine rings is 2. The molecule has 1 amide bonds. The van der Waals surface area contributed by atoms with Gasteiger partial charge in [0, 0.05) is 42.2 Å². The van der Waals surface area contributed by atoms with E-state index in [1.165, 1.54) is 12.1 Å². The lowest BCUT2D eigenvalue weighted by molar-refractivity contribution is 0.0952. The molecule has 0 radical (unpaired) electrons. The standard InChI is InChI=1S/C26H19N3O4/c30-23-13-21-22(14-24(23)31)28-11-8-25(21)33-18-4-5-19-17(12-18)2-1-3-20(19)26(32)29-15-16-6-9-27-10-7-16/h1-14,30-31H,15H2,(H,29,32). The second-order valence-corrected chi connectivity index (χ2v) is 7.50. The largest absolute Gasteiger partial charge is 0.504 e. The summed E-state index contributed by atoms with van der Waals surface area (Å²) in [4.78, 5) is 21.0. The van der Waals surface area contributed by atoms with Crippen molar-refractivity contribution >= 4 is 27.6 Å². The van der Waals surface area contributed by atoms with Crippen LogP contribution in [0, 0.1) is 0 Å². The van der Waals surface area contributed by atoms with Crippen LogP contribution in [-0.2, 0) is 6.54 Å². The summed E-state index contributed by atoms with van der Waals surface area (Å²) in [6, 6.07) is 19.2. The second-order valence-electron chi connectivity index (χ2n) is 7.50. The fourth-order valence-electron chi connectivity index (χ4n) is 3.66. The summed E-state index contributed by atoms with van der Waals surface area (Å²) >= 11 is 0. The lowest BCUT2D eigenvalue weighted by atomic mass is 10.0. The minimum absolute atomic E-state index is 0.165. The zero-order chi connectivity index (χ0) is 22.8. The van der Waals surface area contributed by atoms with Crippen LogP contribution in [-0.4, -0.2) is 26.1 Å². The number of nitrogens with zero attached hydrogens (tertiary/aromatic N) is 2. The van der Waals surface area contributed by atoms with E-state index >= 15 is 0 Å². The average Bonchev–Trinajstić information content (AvgIpc) is 2.84. The third-order valence-electron chi connectivity index (χ3n) is 5.32.